The normalized spacial score (nSPS) is 21.8. The summed E-state index contributed by atoms with van der Waals surface area (Å²) in [5, 5.41) is 12.0. The highest BCUT2D eigenvalue weighted by Crippen LogP contribution is 2.35. The summed E-state index contributed by atoms with van der Waals surface area (Å²) in [7, 11) is 0. The summed E-state index contributed by atoms with van der Waals surface area (Å²) in [5.74, 6) is -2.14. The minimum Gasteiger partial charge on any atom is -0.350 e. The summed E-state index contributed by atoms with van der Waals surface area (Å²) in [6, 6.07) is 5.52. The van der Waals surface area contributed by atoms with Gasteiger partial charge in [-0.1, -0.05) is 6.07 Å². The molecule has 1 saturated heterocycles. The minimum atomic E-state index is -1.14. The van der Waals surface area contributed by atoms with E-state index < -0.39 is 17.0 Å². The first-order valence-corrected chi connectivity index (χ1v) is 8.10. The van der Waals surface area contributed by atoms with Crippen LogP contribution in [-0.4, -0.2) is 29.4 Å². The first-order chi connectivity index (χ1) is 11.2. The fourth-order valence-electron chi connectivity index (χ4n) is 3.07. The van der Waals surface area contributed by atoms with E-state index in [9.17, 15) is 13.6 Å². The predicted octanol–water partition coefficient (Wildman–Crippen LogP) is 3.15. The van der Waals surface area contributed by atoms with Crippen LogP contribution in [0.15, 0.2) is 18.2 Å². The van der Waals surface area contributed by atoms with Crippen molar-refractivity contribution in [1.29, 1.82) is 5.26 Å². The third-order valence-electron chi connectivity index (χ3n) is 4.55. The van der Waals surface area contributed by atoms with Crippen molar-refractivity contribution >= 4 is 5.91 Å². The second-order valence-electron chi connectivity index (χ2n) is 7.06. The zero-order valence-corrected chi connectivity index (χ0v) is 14.4. The second-order valence-corrected chi connectivity index (χ2v) is 7.06. The van der Waals surface area contributed by atoms with Crippen molar-refractivity contribution in [3.63, 3.8) is 0 Å². The lowest BCUT2D eigenvalue weighted by Gasteiger charge is -2.32. The van der Waals surface area contributed by atoms with E-state index in [1.807, 2.05) is 19.9 Å². The summed E-state index contributed by atoms with van der Waals surface area (Å²) in [6.45, 7) is 7.90. The van der Waals surface area contributed by atoms with Gasteiger partial charge in [0.2, 0.25) is 5.91 Å². The lowest BCUT2D eigenvalue weighted by molar-refractivity contribution is -0.127. The number of rotatable bonds is 4. The molecule has 0 saturated carbocycles. The molecule has 2 rings (SSSR count). The van der Waals surface area contributed by atoms with Gasteiger partial charge in [-0.15, -0.1) is 0 Å². The zero-order valence-electron chi connectivity index (χ0n) is 14.4. The monoisotopic (exact) mass is 335 g/mol. The van der Waals surface area contributed by atoms with Gasteiger partial charge in [-0.2, -0.15) is 5.26 Å². The standard InChI is InChI=1S/C18H23F2N3O/c1-11(2)23-8-7-15(22-17(24)18(3,4)10-21)16(23)12-5-6-13(19)14(20)9-12/h5-6,9,11,15-16H,7-8H2,1-4H3,(H,22,24)/t15-,16+/m1/s1. The molecule has 1 heterocycles. The highest BCUT2D eigenvalue weighted by Gasteiger charge is 2.40. The number of nitriles is 1. The summed E-state index contributed by atoms with van der Waals surface area (Å²) < 4.78 is 26.9. The summed E-state index contributed by atoms with van der Waals surface area (Å²) in [6.07, 6.45) is 0.690. The molecular weight excluding hydrogens is 312 g/mol. The van der Waals surface area contributed by atoms with Crippen molar-refractivity contribution in [3.8, 4) is 6.07 Å². The number of hydrogen-bond acceptors (Lipinski definition) is 3. The average molecular weight is 335 g/mol. The average Bonchev–Trinajstić information content (AvgIpc) is 2.93. The van der Waals surface area contributed by atoms with Gasteiger partial charge in [0.05, 0.1) is 12.1 Å². The predicted molar refractivity (Wildman–Crippen MR) is 86.9 cm³/mol. The molecule has 0 bridgehead atoms. The zero-order chi connectivity index (χ0) is 18.1. The highest BCUT2D eigenvalue weighted by atomic mass is 19.2. The van der Waals surface area contributed by atoms with Crippen LogP contribution in [-0.2, 0) is 4.79 Å². The van der Waals surface area contributed by atoms with Gasteiger partial charge in [0.25, 0.3) is 0 Å². The number of halogens is 2. The number of carbonyl (C=O) groups is 1. The number of benzene rings is 1. The fraction of sp³-hybridized carbons (Fsp3) is 0.556. The molecule has 1 aliphatic rings. The number of nitrogens with one attached hydrogen (secondary N) is 1. The van der Waals surface area contributed by atoms with Crippen LogP contribution in [0.2, 0.25) is 0 Å². The van der Waals surface area contributed by atoms with E-state index >= 15 is 0 Å². The van der Waals surface area contributed by atoms with Crippen LogP contribution in [0.1, 0.15) is 45.7 Å². The maximum atomic E-state index is 13.7. The van der Waals surface area contributed by atoms with Crippen LogP contribution in [0.3, 0.4) is 0 Å². The molecule has 1 aromatic rings. The van der Waals surface area contributed by atoms with Gasteiger partial charge in [-0.25, -0.2) is 8.78 Å². The Morgan fingerprint density at radius 3 is 2.58 bits per heavy atom. The Kier molecular flexibility index (Phi) is 5.24. The van der Waals surface area contributed by atoms with E-state index in [0.29, 0.717) is 12.0 Å². The van der Waals surface area contributed by atoms with Gasteiger partial charge in [0.15, 0.2) is 11.6 Å². The van der Waals surface area contributed by atoms with E-state index in [-0.39, 0.29) is 24.0 Å². The maximum Gasteiger partial charge on any atom is 0.240 e. The molecule has 1 aliphatic heterocycles. The van der Waals surface area contributed by atoms with E-state index in [1.165, 1.54) is 6.07 Å². The van der Waals surface area contributed by atoms with Crippen molar-refractivity contribution in [3.05, 3.63) is 35.4 Å². The van der Waals surface area contributed by atoms with Crippen molar-refractivity contribution in [2.75, 3.05) is 6.54 Å². The van der Waals surface area contributed by atoms with Crippen LogP contribution in [0.5, 0.6) is 0 Å². The molecule has 0 unspecified atom stereocenters. The van der Waals surface area contributed by atoms with E-state index in [0.717, 1.165) is 12.6 Å². The lowest BCUT2D eigenvalue weighted by Crippen LogP contribution is -2.45. The molecule has 0 radical (unpaired) electrons. The molecule has 1 fully saturated rings. The molecule has 24 heavy (non-hydrogen) atoms. The van der Waals surface area contributed by atoms with Crippen molar-refractivity contribution in [2.45, 2.75) is 52.2 Å². The van der Waals surface area contributed by atoms with Crippen LogP contribution in [0.4, 0.5) is 8.78 Å². The fourth-order valence-corrected chi connectivity index (χ4v) is 3.07. The van der Waals surface area contributed by atoms with Crippen LogP contribution >= 0.6 is 0 Å². The van der Waals surface area contributed by atoms with Gasteiger partial charge in [0, 0.05) is 18.6 Å². The molecule has 0 aliphatic carbocycles. The topological polar surface area (TPSA) is 56.1 Å². The molecule has 2 atom stereocenters. The molecule has 130 valence electrons. The quantitative estimate of drug-likeness (QED) is 0.919. The van der Waals surface area contributed by atoms with Gasteiger partial charge in [-0.3, -0.25) is 9.69 Å². The van der Waals surface area contributed by atoms with Gasteiger partial charge in [-0.05, 0) is 51.8 Å². The summed E-state index contributed by atoms with van der Waals surface area (Å²) in [5.41, 5.74) is -0.510. The Bertz CT molecular complexity index is 667. The molecule has 0 spiro atoms. The first kappa shape index (κ1) is 18.3. The first-order valence-electron chi connectivity index (χ1n) is 8.10. The molecular formula is C18H23F2N3O. The smallest absolute Gasteiger partial charge is 0.240 e. The summed E-state index contributed by atoms with van der Waals surface area (Å²) >= 11 is 0. The minimum absolute atomic E-state index is 0.189. The molecule has 1 aromatic carbocycles. The van der Waals surface area contributed by atoms with Crippen molar-refractivity contribution in [1.82, 2.24) is 10.2 Å². The van der Waals surface area contributed by atoms with Gasteiger partial charge < -0.3 is 5.32 Å². The van der Waals surface area contributed by atoms with E-state index in [4.69, 9.17) is 5.26 Å². The van der Waals surface area contributed by atoms with Gasteiger partial charge >= 0.3 is 0 Å². The third kappa shape index (κ3) is 3.57. The van der Waals surface area contributed by atoms with Crippen LogP contribution in [0, 0.1) is 28.4 Å². The summed E-state index contributed by atoms with van der Waals surface area (Å²) in [4.78, 5) is 14.5. The van der Waals surface area contributed by atoms with Crippen molar-refractivity contribution in [2.24, 2.45) is 5.41 Å². The molecule has 1 amide bonds. The Labute approximate surface area is 141 Å². The molecule has 1 N–H and O–H groups in total. The number of amides is 1. The Hall–Kier alpha value is -2.00. The number of nitrogens with zero attached hydrogens (tertiary/aromatic N) is 2. The van der Waals surface area contributed by atoms with Crippen molar-refractivity contribution < 1.29 is 13.6 Å². The third-order valence-corrected chi connectivity index (χ3v) is 4.55. The number of hydrogen-bond donors (Lipinski definition) is 1. The lowest BCUT2D eigenvalue weighted by atomic mass is 9.92. The Morgan fingerprint density at radius 2 is 2.04 bits per heavy atom. The van der Waals surface area contributed by atoms with E-state index in [1.54, 1.807) is 19.9 Å². The molecule has 6 heteroatoms. The van der Waals surface area contributed by atoms with E-state index in [2.05, 4.69) is 10.2 Å². The second kappa shape index (κ2) is 6.86. The highest BCUT2D eigenvalue weighted by molar-refractivity contribution is 5.84. The largest absolute Gasteiger partial charge is 0.350 e. The number of likely N-dealkylation sites (tertiary alicyclic amines) is 1. The Morgan fingerprint density at radius 1 is 1.38 bits per heavy atom. The molecule has 4 nitrogen and oxygen atoms in total. The SMILES string of the molecule is CC(C)N1CC[C@@H](NC(=O)C(C)(C)C#N)[C@@H]1c1ccc(F)c(F)c1. The van der Waals surface area contributed by atoms with Gasteiger partial charge in [0.1, 0.15) is 5.41 Å². The Balaban J connectivity index is 2.32. The van der Waals surface area contributed by atoms with Crippen LogP contribution in [0.25, 0.3) is 0 Å². The molecule has 0 aromatic heterocycles. The van der Waals surface area contributed by atoms with Crippen LogP contribution < -0.4 is 5.32 Å². The maximum absolute atomic E-state index is 13.7. The number of carbonyl (C=O) groups excluding carboxylic acids is 1.